The summed E-state index contributed by atoms with van der Waals surface area (Å²) in [6.45, 7) is 0.248. The summed E-state index contributed by atoms with van der Waals surface area (Å²) in [7, 11) is 0. The minimum atomic E-state index is 0.248. The van der Waals surface area contributed by atoms with Crippen LogP contribution in [0.1, 0.15) is 19.3 Å². The Kier molecular flexibility index (Phi) is 1.86. The van der Waals surface area contributed by atoms with Crippen LogP contribution in [0.15, 0.2) is 0 Å². The van der Waals surface area contributed by atoms with Crippen molar-refractivity contribution < 1.29 is 5.11 Å². The Morgan fingerprint density at radius 1 is 1.62 bits per heavy atom. The van der Waals surface area contributed by atoms with Crippen LogP contribution < -0.4 is 5.73 Å². The second kappa shape index (κ2) is 2.46. The zero-order valence-corrected chi connectivity index (χ0v) is 5.01. The molecule has 1 saturated carbocycles. The van der Waals surface area contributed by atoms with Gasteiger partial charge in [0.25, 0.3) is 0 Å². The molecule has 48 valence electrons. The molecule has 0 saturated heterocycles. The quantitative estimate of drug-likeness (QED) is 0.548. The standard InChI is InChI=1S/C6H13NO/c7-6(3-4-8)5-1-2-5/h5-6,8H,1-4,7H2. The van der Waals surface area contributed by atoms with Gasteiger partial charge in [-0.1, -0.05) is 0 Å². The summed E-state index contributed by atoms with van der Waals surface area (Å²) in [6, 6.07) is 0.278. The average molecular weight is 115 g/mol. The summed E-state index contributed by atoms with van der Waals surface area (Å²) in [5, 5.41) is 8.43. The molecule has 1 fully saturated rings. The van der Waals surface area contributed by atoms with Gasteiger partial charge in [-0.05, 0) is 25.2 Å². The van der Waals surface area contributed by atoms with E-state index >= 15 is 0 Å². The van der Waals surface area contributed by atoms with Crippen molar-refractivity contribution in [3.63, 3.8) is 0 Å². The van der Waals surface area contributed by atoms with E-state index in [2.05, 4.69) is 0 Å². The molecule has 2 nitrogen and oxygen atoms in total. The van der Waals surface area contributed by atoms with E-state index in [0.717, 1.165) is 12.3 Å². The normalized spacial score (nSPS) is 23.2. The molecule has 0 bridgehead atoms. The van der Waals surface area contributed by atoms with Crippen molar-refractivity contribution >= 4 is 0 Å². The van der Waals surface area contributed by atoms with Crippen molar-refractivity contribution in [2.45, 2.75) is 25.3 Å². The van der Waals surface area contributed by atoms with Crippen LogP contribution in [0.3, 0.4) is 0 Å². The van der Waals surface area contributed by atoms with E-state index < -0.39 is 0 Å². The topological polar surface area (TPSA) is 46.2 Å². The van der Waals surface area contributed by atoms with Crippen LogP contribution in [-0.4, -0.2) is 17.8 Å². The summed E-state index contributed by atoms with van der Waals surface area (Å²) in [4.78, 5) is 0. The van der Waals surface area contributed by atoms with Gasteiger partial charge >= 0.3 is 0 Å². The predicted molar refractivity (Wildman–Crippen MR) is 32.4 cm³/mol. The minimum absolute atomic E-state index is 0.248. The summed E-state index contributed by atoms with van der Waals surface area (Å²) in [5.41, 5.74) is 5.63. The SMILES string of the molecule is NC(CCO)C1CC1. The second-order valence-corrected chi connectivity index (χ2v) is 2.51. The maximum Gasteiger partial charge on any atom is 0.0445 e. The van der Waals surface area contributed by atoms with Crippen molar-refractivity contribution in [2.24, 2.45) is 11.7 Å². The van der Waals surface area contributed by atoms with Gasteiger partial charge in [-0.15, -0.1) is 0 Å². The lowest BCUT2D eigenvalue weighted by atomic mass is 10.1. The molecule has 1 rings (SSSR count). The third-order valence-corrected chi connectivity index (χ3v) is 1.69. The van der Waals surface area contributed by atoms with Crippen molar-refractivity contribution in [1.82, 2.24) is 0 Å². The van der Waals surface area contributed by atoms with Crippen molar-refractivity contribution in [3.05, 3.63) is 0 Å². The molecule has 0 spiro atoms. The van der Waals surface area contributed by atoms with E-state index in [1.54, 1.807) is 0 Å². The monoisotopic (exact) mass is 115 g/mol. The van der Waals surface area contributed by atoms with Crippen LogP contribution in [0.4, 0.5) is 0 Å². The number of rotatable bonds is 3. The lowest BCUT2D eigenvalue weighted by molar-refractivity contribution is 0.270. The van der Waals surface area contributed by atoms with Gasteiger partial charge in [-0.3, -0.25) is 0 Å². The molecule has 1 atom stereocenters. The highest BCUT2D eigenvalue weighted by Crippen LogP contribution is 2.32. The molecule has 0 heterocycles. The second-order valence-electron chi connectivity index (χ2n) is 2.51. The largest absolute Gasteiger partial charge is 0.396 e. The first-order valence-electron chi connectivity index (χ1n) is 3.21. The number of nitrogens with two attached hydrogens (primary N) is 1. The fourth-order valence-electron chi connectivity index (χ4n) is 0.909. The van der Waals surface area contributed by atoms with Crippen LogP contribution in [0, 0.1) is 5.92 Å². The maximum absolute atomic E-state index is 8.43. The molecule has 8 heavy (non-hydrogen) atoms. The van der Waals surface area contributed by atoms with Crippen molar-refractivity contribution in [3.8, 4) is 0 Å². The van der Waals surface area contributed by atoms with E-state index in [4.69, 9.17) is 10.8 Å². The molecule has 0 aromatic heterocycles. The predicted octanol–water partition coefficient (Wildman–Crippen LogP) is 0.106. The van der Waals surface area contributed by atoms with E-state index in [1.807, 2.05) is 0 Å². The number of aliphatic hydroxyl groups excluding tert-OH is 1. The molecular formula is C6H13NO. The highest BCUT2D eigenvalue weighted by Gasteiger charge is 2.27. The van der Waals surface area contributed by atoms with Gasteiger partial charge in [0.2, 0.25) is 0 Å². The average Bonchev–Trinajstić information content (AvgIpc) is 2.45. The van der Waals surface area contributed by atoms with E-state index in [-0.39, 0.29) is 12.6 Å². The van der Waals surface area contributed by atoms with Crippen LogP contribution in [-0.2, 0) is 0 Å². The van der Waals surface area contributed by atoms with Gasteiger partial charge in [0.05, 0.1) is 0 Å². The summed E-state index contributed by atoms with van der Waals surface area (Å²) >= 11 is 0. The van der Waals surface area contributed by atoms with Crippen LogP contribution in [0.2, 0.25) is 0 Å². The van der Waals surface area contributed by atoms with E-state index in [9.17, 15) is 0 Å². The summed E-state index contributed by atoms with van der Waals surface area (Å²) in [6.07, 6.45) is 3.34. The Hall–Kier alpha value is -0.0800. The minimum Gasteiger partial charge on any atom is -0.396 e. The van der Waals surface area contributed by atoms with Gasteiger partial charge in [0.1, 0.15) is 0 Å². The molecule has 1 unspecified atom stereocenters. The molecule has 1 aliphatic carbocycles. The molecule has 0 amide bonds. The molecule has 0 aromatic rings. The zero-order valence-electron chi connectivity index (χ0n) is 5.01. The molecule has 0 aromatic carbocycles. The Balaban J connectivity index is 2.03. The Labute approximate surface area is 49.7 Å². The van der Waals surface area contributed by atoms with Gasteiger partial charge < -0.3 is 10.8 Å². The summed E-state index contributed by atoms with van der Waals surface area (Å²) < 4.78 is 0. The molecule has 0 aliphatic heterocycles. The Bertz CT molecular complexity index is 70.9. The van der Waals surface area contributed by atoms with E-state index in [1.165, 1.54) is 12.8 Å². The zero-order chi connectivity index (χ0) is 5.98. The molecule has 2 heteroatoms. The first kappa shape index (κ1) is 6.05. The Morgan fingerprint density at radius 2 is 2.25 bits per heavy atom. The van der Waals surface area contributed by atoms with Crippen LogP contribution in [0.25, 0.3) is 0 Å². The van der Waals surface area contributed by atoms with E-state index in [0.29, 0.717) is 0 Å². The smallest absolute Gasteiger partial charge is 0.0445 e. The van der Waals surface area contributed by atoms with Crippen LogP contribution in [0.5, 0.6) is 0 Å². The molecule has 3 N–H and O–H groups in total. The lowest BCUT2D eigenvalue weighted by Crippen LogP contribution is -2.23. The highest BCUT2D eigenvalue weighted by atomic mass is 16.3. The number of aliphatic hydroxyl groups is 1. The highest BCUT2D eigenvalue weighted by molar-refractivity contribution is 4.83. The first-order chi connectivity index (χ1) is 3.84. The van der Waals surface area contributed by atoms with Gasteiger partial charge in [-0.2, -0.15) is 0 Å². The summed E-state index contributed by atoms with van der Waals surface area (Å²) in [5.74, 6) is 0.738. The molecule has 1 aliphatic rings. The van der Waals surface area contributed by atoms with Gasteiger partial charge in [-0.25, -0.2) is 0 Å². The molecular weight excluding hydrogens is 102 g/mol. The fourth-order valence-corrected chi connectivity index (χ4v) is 0.909. The van der Waals surface area contributed by atoms with Crippen molar-refractivity contribution in [2.75, 3.05) is 6.61 Å². The molecule has 0 radical (unpaired) electrons. The lowest BCUT2D eigenvalue weighted by Gasteiger charge is -2.05. The number of hydrogen-bond donors (Lipinski definition) is 2. The maximum atomic E-state index is 8.43. The third-order valence-electron chi connectivity index (χ3n) is 1.69. The van der Waals surface area contributed by atoms with Crippen LogP contribution >= 0.6 is 0 Å². The Morgan fingerprint density at radius 3 is 2.62 bits per heavy atom. The first-order valence-corrected chi connectivity index (χ1v) is 3.21. The number of hydrogen-bond acceptors (Lipinski definition) is 2. The third kappa shape index (κ3) is 1.46. The van der Waals surface area contributed by atoms with Gasteiger partial charge in [0, 0.05) is 12.6 Å². The fraction of sp³-hybridized carbons (Fsp3) is 1.00. The van der Waals surface area contributed by atoms with Crippen molar-refractivity contribution in [1.29, 1.82) is 0 Å². The van der Waals surface area contributed by atoms with Gasteiger partial charge in [0.15, 0.2) is 0 Å².